The molecule has 2 aromatic rings. The Hall–Kier alpha value is -2.08. The maximum absolute atomic E-state index is 3.46. The molecule has 0 aliphatic heterocycles. The lowest BCUT2D eigenvalue weighted by atomic mass is 10.00. The second-order valence-corrected chi connectivity index (χ2v) is 5.01. The van der Waals surface area contributed by atoms with E-state index in [9.17, 15) is 0 Å². The van der Waals surface area contributed by atoms with Gasteiger partial charge in [-0.15, -0.1) is 0 Å². The Morgan fingerprint density at radius 2 is 1.42 bits per heavy atom. The van der Waals surface area contributed by atoms with E-state index in [2.05, 4.69) is 78.9 Å². The second kappa shape index (κ2) is 5.71. The highest BCUT2D eigenvalue weighted by Gasteiger charge is 2.11. The first-order chi connectivity index (χ1) is 9.40. The van der Waals surface area contributed by atoms with E-state index in [1.807, 2.05) is 0 Å². The van der Waals surface area contributed by atoms with Crippen LogP contribution in [0, 0.1) is 12.0 Å². The lowest BCUT2D eigenvalue weighted by molar-refractivity contribution is 0.793. The summed E-state index contributed by atoms with van der Waals surface area (Å²) in [4.78, 5) is 0. The first-order valence-corrected chi connectivity index (χ1v) is 6.78. The van der Waals surface area contributed by atoms with E-state index in [-0.39, 0.29) is 0 Å². The van der Waals surface area contributed by atoms with Crippen LogP contribution in [0.25, 0.3) is 0 Å². The van der Waals surface area contributed by atoms with Gasteiger partial charge < -0.3 is 0 Å². The summed E-state index contributed by atoms with van der Waals surface area (Å²) in [5.41, 5.74) is 4.13. The summed E-state index contributed by atoms with van der Waals surface area (Å²) in [7, 11) is 0. The van der Waals surface area contributed by atoms with Gasteiger partial charge in [-0.2, -0.15) is 0 Å². The van der Waals surface area contributed by atoms with E-state index in [4.69, 9.17) is 0 Å². The van der Waals surface area contributed by atoms with Crippen molar-refractivity contribution in [1.82, 2.24) is 0 Å². The van der Waals surface area contributed by atoms with Crippen LogP contribution >= 0.6 is 0 Å². The lowest BCUT2D eigenvalue weighted by Gasteiger charge is -2.05. The largest absolute Gasteiger partial charge is 0.0731 e. The lowest BCUT2D eigenvalue weighted by Crippen LogP contribution is -1.96. The first kappa shape index (κ1) is 12.0. The Kier molecular flexibility index (Phi) is 3.60. The highest BCUT2D eigenvalue weighted by molar-refractivity contribution is 5.33. The Labute approximate surface area is 115 Å². The number of hydrogen-bond acceptors (Lipinski definition) is 0. The minimum Gasteiger partial charge on any atom is -0.0731 e. The first-order valence-electron chi connectivity index (χ1n) is 6.78. The summed E-state index contributed by atoms with van der Waals surface area (Å²) in [6, 6.07) is 21.2. The Bertz CT molecular complexity index is 576. The van der Waals surface area contributed by atoms with Crippen molar-refractivity contribution in [3.63, 3.8) is 0 Å². The average molecular weight is 245 g/mol. The van der Waals surface area contributed by atoms with Gasteiger partial charge in [-0.1, -0.05) is 72.8 Å². The van der Waals surface area contributed by atoms with Gasteiger partial charge in [0.15, 0.2) is 0 Å². The quantitative estimate of drug-likeness (QED) is 0.749. The molecule has 0 saturated heterocycles. The number of allylic oxidation sites excluding steroid dienone is 4. The molecule has 0 fully saturated rings. The summed E-state index contributed by atoms with van der Waals surface area (Å²) in [6.45, 7) is 0. The van der Waals surface area contributed by atoms with Gasteiger partial charge in [0.25, 0.3) is 0 Å². The molecule has 0 nitrogen and oxygen atoms in total. The molecule has 19 heavy (non-hydrogen) atoms. The molecule has 2 aromatic carbocycles. The molecule has 1 aliphatic carbocycles. The fourth-order valence-electron chi connectivity index (χ4n) is 2.50. The molecule has 1 radical (unpaired) electrons. The van der Waals surface area contributed by atoms with Crippen molar-refractivity contribution >= 4 is 0 Å². The SMILES string of the molecule is [C]1=CC(Cc2ccccc2)=CC1Cc1ccccc1. The Balaban J connectivity index is 1.64. The van der Waals surface area contributed by atoms with Crippen LogP contribution in [0.3, 0.4) is 0 Å². The maximum Gasteiger partial charge on any atom is 0.00673 e. The van der Waals surface area contributed by atoms with Crippen LogP contribution in [-0.2, 0) is 12.8 Å². The van der Waals surface area contributed by atoms with Gasteiger partial charge in [-0.05, 0) is 35.6 Å². The van der Waals surface area contributed by atoms with Crippen LogP contribution in [0.1, 0.15) is 11.1 Å². The zero-order valence-electron chi connectivity index (χ0n) is 10.9. The van der Waals surface area contributed by atoms with Gasteiger partial charge in [-0.25, -0.2) is 0 Å². The monoisotopic (exact) mass is 245 g/mol. The topological polar surface area (TPSA) is 0 Å². The number of benzene rings is 2. The van der Waals surface area contributed by atoms with Gasteiger partial charge >= 0.3 is 0 Å². The molecule has 0 heterocycles. The minimum absolute atomic E-state index is 0.432. The summed E-state index contributed by atoms with van der Waals surface area (Å²) < 4.78 is 0. The molecule has 3 rings (SSSR count). The predicted octanol–water partition coefficient (Wildman–Crippen LogP) is 4.39. The fourth-order valence-corrected chi connectivity index (χ4v) is 2.50. The summed E-state index contributed by atoms with van der Waals surface area (Å²) in [5.74, 6) is 0.432. The van der Waals surface area contributed by atoms with E-state index in [0.717, 1.165) is 12.8 Å². The van der Waals surface area contributed by atoms with Crippen LogP contribution in [-0.4, -0.2) is 0 Å². The van der Waals surface area contributed by atoms with Crippen molar-refractivity contribution in [2.45, 2.75) is 12.8 Å². The average Bonchev–Trinajstić information content (AvgIpc) is 2.88. The molecule has 93 valence electrons. The minimum atomic E-state index is 0.432. The van der Waals surface area contributed by atoms with Gasteiger partial charge in [0.05, 0.1) is 0 Å². The molecule has 0 aromatic heterocycles. The number of rotatable bonds is 4. The van der Waals surface area contributed by atoms with Gasteiger partial charge in [-0.3, -0.25) is 0 Å². The maximum atomic E-state index is 3.46. The fraction of sp³-hybridized carbons (Fsp3) is 0.158. The van der Waals surface area contributed by atoms with E-state index < -0.39 is 0 Å². The standard InChI is InChI=1S/C19H17/c1-3-7-16(8-4-1)13-18-11-12-19(15-18)14-17-9-5-2-6-10-17/h1-11,15,19H,13-14H2. The van der Waals surface area contributed by atoms with E-state index in [1.54, 1.807) is 0 Å². The third-order valence-electron chi connectivity index (χ3n) is 3.45. The molecule has 1 atom stereocenters. The van der Waals surface area contributed by atoms with E-state index >= 15 is 0 Å². The zero-order valence-corrected chi connectivity index (χ0v) is 10.9. The van der Waals surface area contributed by atoms with Gasteiger partial charge in [0.2, 0.25) is 0 Å². The van der Waals surface area contributed by atoms with Crippen molar-refractivity contribution in [2.24, 2.45) is 5.92 Å². The molecule has 1 aliphatic rings. The molecule has 0 saturated carbocycles. The van der Waals surface area contributed by atoms with Crippen LogP contribution in [0.15, 0.2) is 78.4 Å². The van der Waals surface area contributed by atoms with Crippen molar-refractivity contribution < 1.29 is 0 Å². The highest BCUT2D eigenvalue weighted by Crippen LogP contribution is 2.22. The molecule has 0 spiro atoms. The van der Waals surface area contributed by atoms with Crippen molar-refractivity contribution in [1.29, 1.82) is 0 Å². The van der Waals surface area contributed by atoms with Crippen molar-refractivity contribution in [3.8, 4) is 0 Å². The Morgan fingerprint density at radius 1 is 0.789 bits per heavy atom. The molecular formula is C19H17. The molecule has 0 heteroatoms. The van der Waals surface area contributed by atoms with Crippen molar-refractivity contribution in [3.05, 3.63) is 95.6 Å². The smallest absolute Gasteiger partial charge is 0.00673 e. The normalized spacial score (nSPS) is 17.5. The molecule has 1 unspecified atom stereocenters. The van der Waals surface area contributed by atoms with Gasteiger partial charge in [0, 0.05) is 5.92 Å². The third kappa shape index (κ3) is 3.23. The van der Waals surface area contributed by atoms with Gasteiger partial charge in [0.1, 0.15) is 0 Å². The molecule has 0 N–H and O–H groups in total. The molecule has 0 bridgehead atoms. The zero-order chi connectivity index (χ0) is 12.9. The van der Waals surface area contributed by atoms with Crippen LogP contribution in [0.5, 0.6) is 0 Å². The van der Waals surface area contributed by atoms with Crippen LogP contribution < -0.4 is 0 Å². The summed E-state index contributed by atoms with van der Waals surface area (Å²) in [6.07, 6.45) is 10.0. The second-order valence-electron chi connectivity index (χ2n) is 5.01. The summed E-state index contributed by atoms with van der Waals surface area (Å²) >= 11 is 0. The van der Waals surface area contributed by atoms with Crippen molar-refractivity contribution in [2.75, 3.05) is 0 Å². The van der Waals surface area contributed by atoms with Crippen LogP contribution in [0.4, 0.5) is 0 Å². The Morgan fingerprint density at radius 3 is 2.11 bits per heavy atom. The third-order valence-corrected chi connectivity index (χ3v) is 3.45. The number of hydrogen-bond donors (Lipinski definition) is 0. The van der Waals surface area contributed by atoms with Crippen LogP contribution in [0.2, 0.25) is 0 Å². The summed E-state index contributed by atoms with van der Waals surface area (Å²) in [5, 5.41) is 0. The predicted molar refractivity (Wildman–Crippen MR) is 79.7 cm³/mol. The highest BCUT2D eigenvalue weighted by atomic mass is 14.1. The van der Waals surface area contributed by atoms with E-state index in [0.29, 0.717) is 5.92 Å². The molecule has 0 amide bonds. The van der Waals surface area contributed by atoms with E-state index in [1.165, 1.54) is 16.7 Å². The molecular weight excluding hydrogens is 228 g/mol.